The number of likely N-dealkylation sites (tertiary alicyclic amines) is 1. The second kappa shape index (κ2) is 8.48. The lowest BCUT2D eigenvalue weighted by molar-refractivity contribution is -0.148. The summed E-state index contributed by atoms with van der Waals surface area (Å²) in [5.74, 6) is -0.349. The smallest absolute Gasteiger partial charge is 0.401 e. The van der Waals surface area contributed by atoms with Gasteiger partial charge < -0.3 is 14.0 Å². The van der Waals surface area contributed by atoms with Gasteiger partial charge in [-0.3, -0.25) is 4.90 Å². The summed E-state index contributed by atoms with van der Waals surface area (Å²) in [5.41, 5.74) is 0.614. The summed E-state index contributed by atoms with van der Waals surface area (Å²) in [5, 5.41) is 3.84. The van der Waals surface area contributed by atoms with Gasteiger partial charge >= 0.3 is 12.1 Å². The summed E-state index contributed by atoms with van der Waals surface area (Å²) in [4.78, 5) is 13.1. The predicted molar refractivity (Wildman–Crippen MR) is 77.6 cm³/mol. The van der Waals surface area contributed by atoms with E-state index in [2.05, 4.69) is 5.16 Å². The number of aromatic nitrogens is 1. The minimum absolute atomic E-state index is 0.0237. The summed E-state index contributed by atoms with van der Waals surface area (Å²) in [6.45, 7) is 0.384. The van der Waals surface area contributed by atoms with Gasteiger partial charge in [0.25, 0.3) is 0 Å². The number of esters is 1. The van der Waals surface area contributed by atoms with Crippen molar-refractivity contribution in [1.29, 1.82) is 0 Å². The van der Waals surface area contributed by atoms with Gasteiger partial charge in [0.2, 0.25) is 5.76 Å². The van der Waals surface area contributed by atoms with E-state index in [1.54, 1.807) is 0 Å². The van der Waals surface area contributed by atoms with E-state index in [-0.39, 0.29) is 18.3 Å². The summed E-state index contributed by atoms with van der Waals surface area (Å²) >= 11 is 0. The Balaban J connectivity index is 1.76. The highest BCUT2D eigenvalue weighted by Gasteiger charge is 2.32. The molecule has 1 aliphatic rings. The van der Waals surface area contributed by atoms with E-state index in [0.29, 0.717) is 44.7 Å². The number of carbonyl (C=O) groups is 1. The van der Waals surface area contributed by atoms with Crippen LogP contribution in [0.3, 0.4) is 0 Å². The lowest BCUT2D eigenvalue weighted by atomic mass is 9.92. The van der Waals surface area contributed by atoms with Crippen molar-refractivity contribution >= 4 is 5.97 Å². The van der Waals surface area contributed by atoms with Crippen LogP contribution in [0.15, 0.2) is 10.6 Å². The van der Waals surface area contributed by atoms with Crippen LogP contribution in [0.5, 0.6) is 0 Å². The lowest BCUT2D eigenvalue weighted by Crippen LogP contribution is -2.40. The largest absolute Gasteiger partial charge is 0.457 e. The number of halogens is 3. The maximum absolute atomic E-state index is 12.4. The van der Waals surface area contributed by atoms with Gasteiger partial charge in [0.15, 0.2) is 0 Å². The van der Waals surface area contributed by atoms with Crippen molar-refractivity contribution in [3.63, 3.8) is 0 Å². The Labute approximate surface area is 137 Å². The van der Waals surface area contributed by atoms with Gasteiger partial charge in [-0.25, -0.2) is 4.79 Å². The summed E-state index contributed by atoms with van der Waals surface area (Å²) < 4.78 is 51.7. The van der Waals surface area contributed by atoms with E-state index in [1.165, 1.54) is 18.1 Å². The standard InChI is InChI=1S/C15H21F3N2O4/c1-22-6-7-23-14(21)13-9-12(19-24-13)8-11-2-4-20(5-3-11)10-15(16,17)18/h9,11H,2-8,10H2,1H3. The van der Waals surface area contributed by atoms with Crippen molar-refractivity contribution in [2.24, 2.45) is 5.92 Å². The zero-order valence-electron chi connectivity index (χ0n) is 13.5. The van der Waals surface area contributed by atoms with Crippen LogP contribution in [0.2, 0.25) is 0 Å². The molecule has 1 aromatic rings. The Morgan fingerprint density at radius 3 is 2.71 bits per heavy atom. The third-order valence-corrected chi connectivity index (χ3v) is 3.89. The number of rotatable bonds is 7. The minimum atomic E-state index is -4.16. The molecule has 0 aliphatic carbocycles. The molecule has 1 aromatic heterocycles. The highest BCUT2D eigenvalue weighted by Crippen LogP contribution is 2.24. The number of hydrogen-bond donors (Lipinski definition) is 0. The van der Waals surface area contributed by atoms with Crippen LogP contribution in [0.25, 0.3) is 0 Å². The topological polar surface area (TPSA) is 64.8 Å². The molecule has 2 heterocycles. The van der Waals surface area contributed by atoms with Crippen molar-refractivity contribution in [3.05, 3.63) is 17.5 Å². The zero-order valence-corrected chi connectivity index (χ0v) is 13.5. The van der Waals surface area contributed by atoms with E-state index in [1.807, 2.05) is 0 Å². The van der Waals surface area contributed by atoms with E-state index in [4.69, 9.17) is 14.0 Å². The van der Waals surface area contributed by atoms with Crippen LogP contribution in [0.4, 0.5) is 13.2 Å². The molecule has 1 fully saturated rings. The minimum Gasteiger partial charge on any atom is -0.457 e. The van der Waals surface area contributed by atoms with E-state index in [0.717, 1.165) is 0 Å². The first-order valence-corrected chi connectivity index (χ1v) is 7.78. The predicted octanol–water partition coefficient (Wildman–Crippen LogP) is 2.29. The molecular weight excluding hydrogens is 329 g/mol. The van der Waals surface area contributed by atoms with E-state index in [9.17, 15) is 18.0 Å². The highest BCUT2D eigenvalue weighted by atomic mass is 19.4. The number of piperidine rings is 1. The molecule has 0 amide bonds. The molecule has 9 heteroatoms. The summed E-state index contributed by atoms with van der Waals surface area (Å²) in [6.07, 6.45) is -2.25. The van der Waals surface area contributed by atoms with Crippen molar-refractivity contribution in [3.8, 4) is 0 Å². The van der Waals surface area contributed by atoms with Crippen LogP contribution in [-0.2, 0) is 15.9 Å². The fraction of sp³-hybridized carbons (Fsp3) is 0.733. The maximum atomic E-state index is 12.4. The van der Waals surface area contributed by atoms with Crippen LogP contribution in [0, 0.1) is 5.92 Å². The third kappa shape index (κ3) is 6.12. The van der Waals surface area contributed by atoms with Crippen molar-refractivity contribution in [1.82, 2.24) is 10.1 Å². The number of methoxy groups -OCH3 is 1. The van der Waals surface area contributed by atoms with Gasteiger partial charge in [-0.1, -0.05) is 5.16 Å². The van der Waals surface area contributed by atoms with Crippen LogP contribution >= 0.6 is 0 Å². The Morgan fingerprint density at radius 1 is 1.38 bits per heavy atom. The fourth-order valence-corrected chi connectivity index (χ4v) is 2.69. The first-order chi connectivity index (χ1) is 11.4. The fourth-order valence-electron chi connectivity index (χ4n) is 2.69. The van der Waals surface area contributed by atoms with Gasteiger partial charge in [0.1, 0.15) is 6.61 Å². The Bertz CT molecular complexity index is 525. The maximum Gasteiger partial charge on any atom is 0.401 e. The average molecular weight is 350 g/mol. The average Bonchev–Trinajstić information content (AvgIpc) is 2.96. The Kier molecular flexibility index (Phi) is 6.61. The van der Waals surface area contributed by atoms with Gasteiger partial charge in [-0.05, 0) is 38.3 Å². The second-order valence-electron chi connectivity index (χ2n) is 5.85. The Morgan fingerprint density at radius 2 is 2.08 bits per heavy atom. The molecule has 0 atom stereocenters. The van der Waals surface area contributed by atoms with E-state index >= 15 is 0 Å². The molecule has 1 aliphatic heterocycles. The molecule has 0 spiro atoms. The molecule has 0 radical (unpaired) electrons. The molecule has 136 valence electrons. The lowest BCUT2D eigenvalue weighted by Gasteiger charge is -2.31. The number of hydrogen-bond acceptors (Lipinski definition) is 6. The van der Waals surface area contributed by atoms with E-state index < -0.39 is 18.7 Å². The second-order valence-corrected chi connectivity index (χ2v) is 5.85. The molecule has 0 N–H and O–H groups in total. The van der Waals surface area contributed by atoms with Crippen molar-refractivity contribution in [2.75, 3.05) is 40.0 Å². The molecule has 0 unspecified atom stereocenters. The normalized spacial score (nSPS) is 17.2. The van der Waals surface area contributed by atoms with Crippen molar-refractivity contribution < 1.29 is 32.0 Å². The third-order valence-electron chi connectivity index (χ3n) is 3.89. The van der Waals surface area contributed by atoms with Crippen LogP contribution in [-0.4, -0.2) is 62.2 Å². The molecular formula is C15H21F3N2O4. The SMILES string of the molecule is COCCOC(=O)c1cc(CC2CCN(CC(F)(F)F)CC2)no1. The summed E-state index contributed by atoms with van der Waals surface area (Å²) in [7, 11) is 1.50. The molecule has 6 nitrogen and oxygen atoms in total. The van der Waals surface area contributed by atoms with Gasteiger partial charge in [-0.15, -0.1) is 0 Å². The zero-order chi connectivity index (χ0) is 17.6. The van der Waals surface area contributed by atoms with Crippen molar-refractivity contribution in [2.45, 2.75) is 25.4 Å². The Hall–Kier alpha value is -1.61. The molecule has 0 saturated carbocycles. The molecule has 0 bridgehead atoms. The van der Waals surface area contributed by atoms with Gasteiger partial charge in [0, 0.05) is 13.2 Å². The van der Waals surface area contributed by atoms with Crippen LogP contribution in [0.1, 0.15) is 29.1 Å². The molecule has 1 saturated heterocycles. The molecule has 2 rings (SSSR count). The first-order valence-electron chi connectivity index (χ1n) is 7.78. The monoisotopic (exact) mass is 350 g/mol. The number of nitrogens with zero attached hydrogens (tertiary/aromatic N) is 2. The quantitative estimate of drug-likeness (QED) is 0.555. The first kappa shape index (κ1) is 18.7. The van der Waals surface area contributed by atoms with Gasteiger partial charge in [-0.2, -0.15) is 13.2 Å². The summed E-state index contributed by atoms with van der Waals surface area (Å²) in [6, 6.07) is 1.53. The van der Waals surface area contributed by atoms with Gasteiger partial charge in [0.05, 0.1) is 18.8 Å². The number of alkyl halides is 3. The highest BCUT2D eigenvalue weighted by molar-refractivity contribution is 5.86. The van der Waals surface area contributed by atoms with Crippen LogP contribution < -0.4 is 0 Å². The number of carbonyl (C=O) groups excluding carboxylic acids is 1. The molecule has 24 heavy (non-hydrogen) atoms. The number of ether oxygens (including phenoxy) is 2. The molecule has 0 aromatic carbocycles.